The highest BCUT2D eigenvalue weighted by atomic mass is 16.6. The van der Waals surface area contributed by atoms with Gasteiger partial charge in [0, 0.05) is 12.1 Å². The van der Waals surface area contributed by atoms with Gasteiger partial charge in [0.05, 0.1) is 11.8 Å². The third-order valence-corrected chi connectivity index (χ3v) is 2.74. The van der Waals surface area contributed by atoms with Crippen molar-refractivity contribution in [3.05, 3.63) is 0 Å². The summed E-state index contributed by atoms with van der Waals surface area (Å²) in [4.78, 5) is 22.3. The van der Waals surface area contributed by atoms with Gasteiger partial charge in [-0.15, -0.1) is 0 Å². The summed E-state index contributed by atoms with van der Waals surface area (Å²) < 4.78 is 4.55. The number of fused-ring (bicyclic) bond motifs is 1. The Morgan fingerprint density at radius 1 is 1.08 bits per heavy atom. The molecule has 0 amide bonds. The largest absolute Gasteiger partial charge is 0.393 e. The molecule has 12 heavy (non-hydrogen) atoms. The second-order valence-corrected chi connectivity index (χ2v) is 3.54. The first-order valence-corrected chi connectivity index (χ1v) is 4.13. The number of ether oxygens (including phenoxy) is 1. The molecule has 66 valence electrons. The number of rotatable bonds is 0. The van der Waals surface area contributed by atoms with Crippen LogP contribution in [0.1, 0.15) is 13.8 Å². The van der Waals surface area contributed by atoms with Gasteiger partial charge >= 0.3 is 11.9 Å². The Morgan fingerprint density at radius 3 is 1.92 bits per heavy atom. The molecule has 4 atom stereocenters. The van der Waals surface area contributed by atoms with Crippen LogP contribution in [0, 0.1) is 11.8 Å². The van der Waals surface area contributed by atoms with Crippen LogP contribution in [-0.2, 0) is 14.3 Å². The number of hydrogen-bond donors (Lipinski definition) is 1. The molecule has 0 aromatic heterocycles. The quantitative estimate of drug-likeness (QED) is 0.399. The second-order valence-electron chi connectivity index (χ2n) is 3.54. The maximum absolute atomic E-state index is 11.1. The van der Waals surface area contributed by atoms with Crippen molar-refractivity contribution in [1.29, 1.82) is 0 Å². The Kier molecular flexibility index (Phi) is 1.48. The van der Waals surface area contributed by atoms with Crippen LogP contribution in [0.25, 0.3) is 0 Å². The van der Waals surface area contributed by atoms with Crippen LogP contribution < -0.4 is 5.32 Å². The summed E-state index contributed by atoms with van der Waals surface area (Å²) >= 11 is 0. The molecule has 4 heteroatoms. The van der Waals surface area contributed by atoms with Gasteiger partial charge in [-0.2, -0.15) is 0 Å². The first kappa shape index (κ1) is 7.73. The molecule has 0 aromatic carbocycles. The average Bonchev–Trinajstić information content (AvgIpc) is 2.38. The van der Waals surface area contributed by atoms with Crippen molar-refractivity contribution in [2.45, 2.75) is 25.9 Å². The Hall–Kier alpha value is -0.900. The summed E-state index contributed by atoms with van der Waals surface area (Å²) in [6.45, 7) is 3.81. The molecule has 0 aromatic rings. The van der Waals surface area contributed by atoms with Crippen molar-refractivity contribution in [3.63, 3.8) is 0 Å². The molecule has 4 nitrogen and oxygen atoms in total. The van der Waals surface area contributed by atoms with Gasteiger partial charge in [-0.1, -0.05) is 0 Å². The lowest BCUT2D eigenvalue weighted by Crippen LogP contribution is -2.31. The standard InChI is InChI=1S/C8H11NO3/c1-3-5-6(4(2)9-3)8(11)12-7(5)10/h3-6,9H,1-2H3. The van der Waals surface area contributed by atoms with E-state index in [4.69, 9.17) is 0 Å². The molecule has 2 aliphatic rings. The molecule has 2 rings (SSSR count). The van der Waals surface area contributed by atoms with E-state index in [1.807, 2.05) is 13.8 Å². The van der Waals surface area contributed by atoms with E-state index in [-0.39, 0.29) is 35.9 Å². The van der Waals surface area contributed by atoms with Crippen LogP contribution in [-0.4, -0.2) is 24.0 Å². The van der Waals surface area contributed by atoms with Gasteiger partial charge in [0.1, 0.15) is 0 Å². The van der Waals surface area contributed by atoms with Crippen molar-refractivity contribution in [3.8, 4) is 0 Å². The number of hydrogen-bond acceptors (Lipinski definition) is 4. The van der Waals surface area contributed by atoms with E-state index < -0.39 is 0 Å². The maximum Gasteiger partial charge on any atom is 0.319 e. The van der Waals surface area contributed by atoms with Crippen LogP contribution in [0.3, 0.4) is 0 Å². The van der Waals surface area contributed by atoms with E-state index in [0.29, 0.717) is 0 Å². The van der Waals surface area contributed by atoms with Gasteiger partial charge < -0.3 is 10.1 Å². The molecule has 0 spiro atoms. The van der Waals surface area contributed by atoms with Gasteiger partial charge in [0.25, 0.3) is 0 Å². The number of carbonyl (C=O) groups excluding carboxylic acids is 2. The maximum atomic E-state index is 11.1. The van der Waals surface area contributed by atoms with Crippen LogP contribution >= 0.6 is 0 Å². The fourth-order valence-electron chi connectivity index (χ4n) is 2.18. The molecular weight excluding hydrogens is 158 g/mol. The van der Waals surface area contributed by atoms with E-state index in [0.717, 1.165) is 0 Å². The molecule has 0 bridgehead atoms. The third kappa shape index (κ3) is 0.813. The molecule has 0 aliphatic carbocycles. The summed E-state index contributed by atoms with van der Waals surface area (Å²) in [5.41, 5.74) is 0. The van der Waals surface area contributed by atoms with Crippen molar-refractivity contribution in [1.82, 2.24) is 5.32 Å². The Balaban J connectivity index is 2.32. The Labute approximate surface area is 70.3 Å². The van der Waals surface area contributed by atoms with Crippen LogP contribution in [0.15, 0.2) is 0 Å². The summed E-state index contributed by atoms with van der Waals surface area (Å²) in [6.07, 6.45) is 0. The average molecular weight is 169 g/mol. The fraction of sp³-hybridized carbons (Fsp3) is 0.750. The zero-order valence-corrected chi connectivity index (χ0v) is 7.03. The Morgan fingerprint density at radius 2 is 1.50 bits per heavy atom. The predicted octanol–water partition coefficient (Wildman–Crippen LogP) is -0.318. The highest BCUT2D eigenvalue weighted by molar-refractivity contribution is 5.97. The Bertz CT molecular complexity index is 227. The van der Waals surface area contributed by atoms with E-state index in [1.54, 1.807) is 0 Å². The van der Waals surface area contributed by atoms with Gasteiger partial charge in [0.2, 0.25) is 0 Å². The summed E-state index contributed by atoms with van der Waals surface area (Å²) in [5.74, 6) is -1.25. The van der Waals surface area contributed by atoms with E-state index in [9.17, 15) is 9.59 Å². The highest BCUT2D eigenvalue weighted by Crippen LogP contribution is 2.34. The van der Waals surface area contributed by atoms with Crippen LogP contribution in [0.4, 0.5) is 0 Å². The molecule has 2 saturated heterocycles. The van der Waals surface area contributed by atoms with Crippen LogP contribution in [0.5, 0.6) is 0 Å². The first-order chi connectivity index (χ1) is 5.61. The lowest BCUT2D eigenvalue weighted by atomic mass is 9.91. The van der Waals surface area contributed by atoms with Crippen molar-refractivity contribution < 1.29 is 14.3 Å². The van der Waals surface area contributed by atoms with E-state index in [1.165, 1.54) is 0 Å². The topological polar surface area (TPSA) is 55.4 Å². The molecule has 2 fully saturated rings. The van der Waals surface area contributed by atoms with Crippen molar-refractivity contribution >= 4 is 11.9 Å². The predicted molar refractivity (Wildman–Crippen MR) is 40.1 cm³/mol. The van der Waals surface area contributed by atoms with Gasteiger partial charge in [-0.3, -0.25) is 9.59 Å². The lowest BCUT2D eigenvalue weighted by molar-refractivity contribution is -0.154. The molecule has 4 unspecified atom stereocenters. The minimum absolute atomic E-state index is 0.0592. The van der Waals surface area contributed by atoms with E-state index >= 15 is 0 Å². The number of esters is 2. The summed E-state index contributed by atoms with van der Waals surface area (Å²) in [6, 6.07) is 0.118. The highest BCUT2D eigenvalue weighted by Gasteiger charge is 2.54. The van der Waals surface area contributed by atoms with Gasteiger partial charge in [-0.05, 0) is 13.8 Å². The monoisotopic (exact) mass is 169 g/mol. The van der Waals surface area contributed by atoms with Crippen molar-refractivity contribution in [2.24, 2.45) is 11.8 Å². The second kappa shape index (κ2) is 2.29. The van der Waals surface area contributed by atoms with Gasteiger partial charge in [-0.25, -0.2) is 0 Å². The molecule has 1 N–H and O–H groups in total. The number of nitrogens with one attached hydrogen (secondary N) is 1. The zero-order valence-electron chi connectivity index (χ0n) is 7.03. The van der Waals surface area contributed by atoms with E-state index in [2.05, 4.69) is 10.1 Å². The number of cyclic esters (lactones) is 2. The minimum Gasteiger partial charge on any atom is -0.393 e. The first-order valence-electron chi connectivity index (χ1n) is 4.13. The molecular formula is C8H11NO3. The van der Waals surface area contributed by atoms with Crippen LogP contribution in [0.2, 0.25) is 0 Å². The molecule has 2 heterocycles. The summed E-state index contributed by atoms with van der Waals surface area (Å²) in [5, 5.41) is 3.16. The van der Waals surface area contributed by atoms with Gasteiger partial charge in [0.15, 0.2) is 0 Å². The lowest BCUT2D eigenvalue weighted by Gasteiger charge is -2.08. The molecule has 0 radical (unpaired) electrons. The summed E-state index contributed by atoms with van der Waals surface area (Å²) in [7, 11) is 0. The molecule has 2 aliphatic heterocycles. The van der Waals surface area contributed by atoms with Crippen molar-refractivity contribution in [2.75, 3.05) is 0 Å². The zero-order chi connectivity index (χ0) is 8.88. The minimum atomic E-state index is -0.366. The SMILES string of the molecule is CC1NC(C)C2C(=O)OC(=O)C12. The smallest absolute Gasteiger partial charge is 0.319 e. The molecule has 0 saturated carbocycles. The number of carbonyl (C=O) groups is 2. The normalized spacial score (nSPS) is 46.2. The fourth-order valence-corrected chi connectivity index (χ4v) is 2.18. The third-order valence-electron chi connectivity index (χ3n) is 2.74.